The summed E-state index contributed by atoms with van der Waals surface area (Å²) in [5.41, 5.74) is 2.32. The number of phenolic OH excluding ortho intramolecular Hbond substituents is 1. The van der Waals surface area contributed by atoms with Crippen molar-refractivity contribution < 1.29 is 22.7 Å². The second-order valence-corrected chi connectivity index (χ2v) is 9.83. The normalized spacial score (nSPS) is 22.4. The summed E-state index contributed by atoms with van der Waals surface area (Å²) in [5.74, 6) is -0.836. The van der Waals surface area contributed by atoms with Gasteiger partial charge in [-0.15, -0.1) is 0 Å². The molecule has 1 fully saturated rings. The molecule has 30 heavy (non-hydrogen) atoms. The molecule has 2 aliphatic heterocycles. The predicted octanol–water partition coefficient (Wildman–Crippen LogP) is 2.65. The molecule has 1 amide bonds. The Balaban J connectivity index is 1.69. The molecule has 0 aliphatic carbocycles. The minimum atomic E-state index is -3.23. The van der Waals surface area contributed by atoms with Crippen LogP contribution in [0.4, 0.5) is 4.39 Å². The van der Waals surface area contributed by atoms with E-state index < -0.39 is 27.7 Å². The maximum atomic E-state index is 13.6. The lowest BCUT2D eigenvalue weighted by Crippen LogP contribution is -2.40. The molecule has 154 valence electrons. The van der Waals surface area contributed by atoms with Crippen molar-refractivity contribution in [2.75, 3.05) is 11.5 Å². The third-order valence-electron chi connectivity index (χ3n) is 5.75. The van der Waals surface area contributed by atoms with Gasteiger partial charge < -0.3 is 10.0 Å². The summed E-state index contributed by atoms with van der Waals surface area (Å²) in [6.07, 6.45) is 0.343. The Morgan fingerprint density at radius 2 is 1.87 bits per heavy atom. The molecule has 2 aliphatic rings. The van der Waals surface area contributed by atoms with Crippen LogP contribution < -0.4 is 0 Å². The molecule has 1 saturated heterocycles. The van der Waals surface area contributed by atoms with Crippen LogP contribution in [-0.4, -0.2) is 52.1 Å². The van der Waals surface area contributed by atoms with Crippen molar-refractivity contribution in [2.45, 2.75) is 18.5 Å². The standard InChI is InChI=1S/C21H18FN3O4S/c22-13-7-5-12(6-8-13)20-17-18(15-3-1-2-4-16(15)26)23-24-19(17)21(27)25(20)14-9-10-30(28,29)11-14/h1-8,14,20,26H,9-11H2,(H,23,24). The van der Waals surface area contributed by atoms with E-state index in [-0.39, 0.29) is 28.9 Å². The lowest BCUT2D eigenvalue weighted by Gasteiger charge is -2.31. The highest BCUT2D eigenvalue weighted by Crippen LogP contribution is 2.46. The fourth-order valence-corrected chi connectivity index (χ4v) is 6.10. The number of para-hydroxylation sites is 1. The molecule has 0 radical (unpaired) electrons. The number of rotatable bonds is 3. The van der Waals surface area contributed by atoms with Gasteiger partial charge in [0.1, 0.15) is 23.0 Å². The smallest absolute Gasteiger partial charge is 0.273 e. The van der Waals surface area contributed by atoms with Crippen LogP contribution in [-0.2, 0) is 9.84 Å². The number of H-pyrrole nitrogens is 1. The Hall–Kier alpha value is -3.20. The van der Waals surface area contributed by atoms with Crippen molar-refractivity contribution in [2.24, 2.45) is 0 Å². The van der Waals surface area contributed by atoms with E-state index in [9.17, 15) is 22.7 Å². The fraction of sp³-hybridized carbons (Fsp3) is 0.238. The average Bonchev–Trinajstić information content (AvgIpc) is 3.37. The number of nitrogens with zero attached hydrogens (tertiary/aromatic N) is 2. The Labute approximate surface area is 172 Å². The molecular formula is C21H18FN3O4S. The molecule has 9 heteroatoms. The van der Waals surface area contributed by atoms with Crippen LogP contribution >= 0.6 is 0 Å². The summed E-state index contributed by atoms with van der Waals surface area (Å²) >= 11 is 0. The molecule has 2 aromatic carbocycles. The first kappa shape index (κ1) is 18.8. The lowest BCUT2D eigenvalue weighted by molar-refractivity contribution is 0.0677. The van der Waals surface area contributed by atoms with Gasteiger partial charge in [-0.05, 0) is 36.2 Å². The SMILES string of the molecule is O=C1c2[nH]nc(-c3ccccc3O)c2C(c2ccc(F)cc2)N1C1CCS(=O)(=O)C1. The third-order valence-corrected chi connectivity index (χ3v) is 7.50. The first-order valence-corrected chi connectivity index (χ1v) is 11.3. The fourth-order valence-electron chi connectivity index (χ4n) is 4.39. The Bertz CT molecular complexity index is 1250. The van der Waals surface area contributed by atoms with E-state index >= 15 is 0 Å². The maximum absolute atomic E-state index is 13.6. The second-order valence-electron chi connectivity index (χ2n) is 7.60. The molecule has 2 atom stereocenters. The van der Waals surface area contributed by atoms with Gasteiger partial charge in [0.15, 0.2) is 9.84 Å². The molecule has 2 unspecified atom stereocenters. The number of halogens is 1. The monoisotopic (exact) mass is 427 g/mol. The molecule has 3 heterocycles. The molecule has 0 bridgehead atoms. The summed E-state index contributed by atoms with van der Waals surface area (Å²) in [5, 5.41) is 17.4. The number of fused-ring (bicyclic) bond motifs is 1. The summed E-state index contributed by atoms with van der Waals surface area (Å²) in [7, 11) is -3.23. The van der Waals surface area contributed by atoms with Crippen LogP contribution in [0.25, 0.3) is 11.3 Å². The number of benzene rings is 2. The van der Waals surface area contributed by atoms with E-state index in [1.165, 1.54) is 18.2 Å². The van der Waals surface area contributed by atoms with Gasteiger partial charge in [0.05, 0.1) is 17.5 Å². The van der Waals surface area contributed by atoms with Gasteiger partial charge in [-0.25, -0.2) is 12.8 Å². The van der Waals surface area contributed by atoms with Gasteiger partial charge in [0.25, 0.3) is 5.91 Å². The van der Waals surface area contributed by atoms with Crippen LogP contribution in [0.5, 0.6) is 5.75 Å². The van der Waals surface area contributed by atoms with Gasteiger partial charge in [-0.3, -0.25) is 9.89 Å². The number of aromatic hydroxyl groups is 1. The Morgan fingerprint density at radius 3 is 2.53 bits per heavy atom. The summed E-state index contributed by atoms with van der Waals surface area (Å²) in [4.78, 5) is 14.9. The minimum absolute atomic E-state index is 0.0130. The van der Waals surface area contributed by atoms with Crippen LogP contribution in [0.3, 0.4) is 0 Å². The number of nitrogens with one attached hydrogen (secondary N) is 1. The highest BCUT2D eigenvalue weighted by atomic mass is 32.2. The molecule has 5 rings (SSSR count). The van der Waals surface area contributed by atoms with E-state index in [1.807, 2.05) is 0 Å². The minimum Gasteiger partial charge on any atom is -0.507 e. The van der Waals surface area contributed by atoms with Crippen molar-refractivity contribution in [3.63, 3.8) is 0 Å². The summed E-state index contributed by atoms with van der Waals surface area (Å²) in [6, 6.07) is 11.3. The van der Waals surface area contributed by atoms with E-state index in [0.29, 0.717) is 28.8 Å². The molecule has 7 nitrogen and oxygen atoms in total. The second kappa shape index (κ2) is 6.66. The van der Waals surface area contributed by atoms with Crippen molar-refractivity contribution >= 4 is 15.7 Å². The van der Waals surface area contributed by atoms with Crippen molar-refractivity contribution in [3.8, 4) is 17.0 Å². The molecular weight excluding hydrogens is 409 g/mol. The van der Waals surface area contributed by atoms with Gasteiger partial charge >= 0.3 is 0 Å². The number of aromatic nitrogens is 2. The maximum Gasteiger partial charge on any atom is 0.273 e. The molecule has 2 N–H and O–H groups in total. The van der Waals surface area contributed by atoms with Crippen LogP contribution in [0.2, 0.25) is 0 Å². The zero-order chi connectivity index (χ0) is 21.0. The first-order valence-electron chi connectivity index (χ1n) is 9.51. The molecule has 0 saturated carbocycles. The van der Waals surface area contributed by atoms with Gasteiger partial charge in [-0.2, -0.15) is 5.10 Å². The van der Waals surface area contributed by atoms with Crippen LogP contribution in [0.1, 0.15) is 34.1 Å². The quantitative estimate of drug-likeness (QED) is 0.669. The number of aromatic amines is 1. The van der Waals surface area contributed by atoms with Gasteiger partial charge in [0.2, 0.25) is 0 Å². The van der Waals surface area contributed by atoms with Gasteiger partial charge in [0, 0.05) is 17.2 Å². The van der Waals surface area contributed by atoms with E-state index in [2.05, 4.69) is 10.2 Å². The Morgan fingerprint density at radius 1 is 1.13 bits per heavy atom. The van der Waals surface area contributed by atoms with E-state index in [4.69, 9.17) is 0 Å². The largest absolute Gasteiger partial charge is 0.507 e. The number of sulfone groups is 1. The zero-order valence-electron chi connectivity index (χ0n) is 15.7. The molecule has 1 aromatic heterocycles. The third kappa shape index (κ3) is 2.88. The number of hydrogen-bond donors (Lipinski definition) is 2. The first-order chi connectivity index (χ1) is 14.4. The van der Waals surface area contributed by atoms with Crippen molar-refractivity contribution in [3.05, 3.63) is 71.2 Å². The summed E-state index contributed by atoms with van der Waals surface area (Å²) in [6.45, 7) is 0. The highest BCUT2D eigenvalue weighted by Gasteiger charge is 2.48. The number of amides is 1. The molecule has 3 aromatic rings. The van der Waals surface area contributed by atoms with Gasteiger partial charge in [-0.1, -0.05) is 24.3 Å². The van der Waals surface area contributed by atoms with E-state index in [0.717, 1.165) is 0 Å². The van der Waals surface area contributed by atoms with E-state index in [1.54, 1.807) is 35.2 Å². The van der Waals surface area contributed by atoms with Crippen molar-refractivity contribution in [1.29, 1.82) is 0 Å². The molecule has 0 spiro atoms. The number of carbonyl (C=O) groups excluding carboxylic acids is 1. The number of hydrogen-bond acceptors (Lipinski definition) is 5. The predicted molar refractivity (Wildman–Crippen MR) is 107 cm³/mol. The zero-order valence-corrected chi connectivity index (χ0v) is 16.6. The van der Waals surface area contributed by atoms with Crippen molar-refractivity contribution in [1.82, 2.24) is 15.1 Å². The average molecular weight is 427 g/mol. The number of phenols is 1. The van der Waals surface area contributed by atoms with Crippen LogP contribution in [0, 0.1) is 5.82 Å². The van der Waals surface area contributed by atoms with Crippen LogP contribution in [0.15, 0.2) is 48.5 Å². The highest BCUT2D eigenvalue weighted by molar-refractivity contribution is 7.91. The number of carbonyl (C=O) groups is 1. The topological polar surface area (TPSA) is 103 Å². The Kier molecular flexibility index (Phi) is 4.18. The lowest BCUT2D eigenvalue weighted by atomic mass is 9.95. The summed E-state index contributed by atoms with van der Waals surface area (Å²) < 4.78 is 37.8.